The molecule has 1 aliphatic heterocycles. The predicted molar refractivity (Wildman–Crippen MR) is 90.0 cm³/mol. The van der Waals surface area contributed by atoms with Crippen molar-refractivity contribution >= 4 is 11.6 Å². The van der Waals surface area contributed by atoms with Crippen LogP contribution in [-0.4, -0.2) is 49.1 Å². The molecule has 0 spiro atoms. The van der Waals surface area contributed by atoms with E-state index < -0.39 is 5.54 Å². The van der Waals surface area contributed by atoms with Crippen molar-refractivity contribution in [1.82, 2.24) is 10.2 Å². The molecular weight excluding hydrogens is 307 g/mol. The Morgan fingerprint density at radius 1 is 1.21 bits per heavy atom. The minimum Gasteiger partial charge on any atom is -0.367 e. The second kappa shape index (κ2) is 7.18. The van der Waals surface area contributed by atoms with Crippen molar-refractivity contribution in [3.8, 4) is 6.07 Å². The van der Waals surface area contributed by atoms with Gasteiger partial charge in [0.2, 0.25) is 5.91 Å². The van der Waals surface area contributed by atoms with Gasteiger partial charge in [-0.15, -0.1) is 0 Å². The second-order valence-corrected chi connectivity index (χ2v) is 6.66. The Labute approximate surface area is 142 Å². The highest BCUT2D eigenvalue weighted by Gasteiger charge is 2.35. The topological polar surface area (TPSA) is 59.4 Å². The summed E-state index contributed by atoms with van der Waals surface area (Å²) in [6.45, 7) is 3.10. The molecule has 0 aromatic heterocycles. The zero-order valence-electron chi connectivity index (χ0n) is 13.8. The fourth-order valence-electron chi connectivity index (χ4n) is 3.61. The Hall–Kier alpha value is -2.13. The van der Waals surface area contributed by atoms with Gasteiger partial charge in [-0.3, -0.25) is 9.69 Å². The maximum Gasteiger partial charge on any atom is 0.235 e. The molecule has 1 saturated carbocycles. The van der Waals surface area contributed by atoms with Crippen LogP contribution in [0.3, 0.4) is 0 Å². The van der Waals surface area contributed by atoms with Crippen LogP contribution in [0, 0.1) is 17.1 Å². The summed E-state index contributed by atoms with van der Waals surface area (Å²) < 4.78 is 13.8. The van der Waals surface area contributed by atoms with Crippen LogP contribution in [0.2, 0.25) is 0 Å². The number of piperazine rings is 1. The number of benzene rings is 1. The van der Waals surface area contributed by atoms with E-state index >= 15 is 0 Å². The molecule has 3 rings (SSSR count). The highest BCUT2D eigenvalue weighted by molar-refractivity contribution is 5.79. The Balaban J connectivity index is 1.50. The number of rotatable bonds is 4. The Morgan fingerprint density at radius 2 is 1.88 bits per heavy atom. The van der Waals surface area contributed by atoms with Crippen molar-refractivity contribution < 1.29 is 9.18 Å². The molecular formula is C18H23FN4O. The molecule has 6 heteroatoms. The van der Waals surface area contributed by atoms with Gasteiger partial charge in [-0.1, -0.05) is 12.1 Å². The van der Waals surface area contributed by atoms with Gasteiger partial charge in [-0.05, 0) is 37.8 Å². The number of nitriles is 1. The number of para-hydroxylation sites is 1. The predicted octanol–water partition coefficient (Wildman–Crippen LogP) is 1.90. The first kappa shape index (κ1) is 16.7. The monoisotopic (exact) mass is 330 g/mol. The lowest BCUT2D eigenvalue weighted by Gasteiger charge is -2.36. The van der Waals surface area contributed by atoms with Gasteiger partial charge in [-0.25, -0.2) is 4.39 Å². The summed E-state index contributed by atoms with van der Waals surface area (Å²) in [6, 6.07) is 9.06. The minimum atomic E-state index is -0.661. The minimum absolute atomic E-state index is 0.0854. The van der Waals surface area contributed by atoms with Crippen molar-refractivity contribution in [3.63, 3.8) is 0 Å². The van der Waals surface area contributed by atoms with Gasteiger partial charge in [0.05, 0.1) is 18.3 Å². The smallest absolute Gasteiger partial charge is 0.235 e. The number of hydrogen-bond donors (Lipinski definition) is 1. The summed E-state index contributed by atoms with van der Waals surface area (Å²) in [4.78, 5) is 16.3. The van der Waals surface area contributed by atoms with E-state index in [2.05, 4.69) is 16.3 Å². The van der Waals surface area contributed by atoms with Crippen molar-refractivity contribution in [1.29, 1.82) is 5.26 Å². The highest BCUT2D eigenvalue weighted by atomic mass is 19.1. The average Bonchev–Trinajstić information content (AvgIpc) is 3.05. The molecule has 5 nitrogen and oxygen atoms in total. The number of nitrogens with zero attached hydrogens (tertiary/aromatic N) is 3. The van der Waals surface area contributed by atoms with Gasteiger partial charge < -0.3 is 10.2 Å². The van der Waals surface area contributed by atoms with Crippen LogP contribution in [0.25, 0.3) is 0 Å². The zero-order chi connectivity index (χ0) is 17.0. The van der Waals surface area contributed by atoms with E-state index in [1.54, 1.807) is 12.1 Å². The first-order valence-corrected chi connectivity index (χ1v) is 8.56. The van der Waals surface area contributed by atoms with Crippen LogP contribution in [0.15, 0.2) is 24.3 Å². The molecule has 2 aliphatic rings. The zero-order valence-corrected chi connectivity index (χ0v) is 13.8. The lowest BCUT2D eigenvalue weighted by molar-refractivity contribution is -0.123. The quantitative estimate of drug-likeness (QED) is 0.916. The molecule has 0 radical (unpaired) electrons. The molecule has 1 heterocycles. The molecule has 1 saturated heterocycles. The Bertz CT molecular complexity index is 628. The normalized spacial score (nSPS) is 20.6. The number of amides is 1. The molecule has 128 valence electrons. The first-order valence-electron chi connectivity index (χ1n) is 8.56. The van der Waals surface area contributed by atoms with Crippen LogP contribution >= 0.6 is 0 Å². The fourth-order valence-corrected chi connectivity index (χ4v) is 3.61. The van der Waals surface area contributed by atoms with Crippen LogP contribution in [-0.2, 0) is 4.79 Å². The van der Waals surface area contributed by atoms with E-state index in [-0.39, 0.29) is 11.7 Å². The summed E-state index contributed by atoms with van der Waals surface area (Å²) >= 11 is 0. The second-order valence-electron chi connectivity index (χ2n) is 6.66. The fraction of sp³-hybridized carbons (Fsp3) is 0.556. The van der Waals surface area contributed by atoms with Crippen LogP contribution in [0.4, 0.5) is 10.1 Å². The number of hydrogen-bond acceptors (Lipinski definition) is 4. The van der Waals surface area contributed by atoms with E-state index in [0.29, 0.717) is 38.4 Å². The van der Waals surface area contributed by atoms with Crippen LogP contribution in [0.1, 0.15) is 25.7 Å². The van der Waals surface area contributed by atoms with E-state index in [1.165, 1.54) is 6.07 Å². The Morgan fingerprint density at radius 3 is 2.50 bits per heavy atom. The summed E-state index contributed by atoms with van der Waals surface area (Å²) in [7, 11) is 0. The standard InChI is InChI=1S/C18H23FN4O/c19-15-5-1-2-6-16(15)23-11-9-22(10-12-23)13-17(24)21-18(14-20)7-3-4-8-18/h1-2,5-6H,3-4,7-13H2,(H,21,24). The average molecular weight is 330 g/mol. The highest BCUT2D eigenvalue weighted by Crippen LogP contribution is 2.28. The van der Waals surface area contributed by atoms with Crippen molar-refractivity contribution in [2.45, 2.75) is 31.2 Å². The van der Waals surface area contributed by atoms with Gasteiger partial charge in [0.15, 0.2) is 0 Å². The van der Waals surface area contributed by atoms with Crippen molar-refractivity contribution in [2.24, 2.45) is 0 Å². The number of nitrogens with one attached hydrogen (secondary N) is 1. The summed E-state index contributed by atoms with van der Waals surface area (Å²) in [6.07, 6.45) is 3.48. The number of anilines is 1. The van der Waals surface area contributed by atoms with E-state index in [4.69, 9.17) is 0 Å². The lowest BCUT2D eigenvalue weighted by Crippen LogP contribution is -2.53. The van der Waals surface area contributed by atoms with E-state index in [1.807, 2.05) is 11.0 Å². The van der Waals surface area contributed by atoms with Gasteiger partial charge in [0, 0.05) is 26.2 Å². The first-order chi connectivity index (χ1) is 11.6. The third kappa shape index (κ3) is 3.68. The lowest BCUT2D eigenvalue weighted by atomic mass is 10.00. The summed E-state index contributed by atoms with van der Waals surface area (Å²) in [5.74, 6) is -0.293. The maximum atomic E-state index is 13.8. The molecule has 0 atom stereocenters. The molecule has 0 bridgehead atoms. The third-order valence-electron chi connectivity index (χ3n) is 4.98. The molecule has 1 aromatic carbocycles. The molecule has 24 heavy (non-hydrogen) atoms. The number of halogens is 1. The molecule has 1 aliphatic carbocycles. The molecule has 1 N–H and O–H groups in total. The largest absolute Gasteiger partial charge is 0.367 e. The molecule has 1 aromatic rings. The molecule has 1 amide bonds. The van der Waals surface area contributed by atoms with Gasteiger partial charge in [0.25, 0.3) is 0 Å². The van der Waals surface area contributed by atoms with Crippen LogP contribution in [0.5, 0.6) is 0 Å². The van der Waals surface area contributed by atoms with E-state index in [9.17, 15) is 14.4 Å². The van der Waals surface area contributed by atoms with E-state index in [0.717, 1.165) is 25.7 Å². The van der Waals surface area contributed by atoms with Crippen molar-refractivity contribution in [2.75, 3.05) is 37.6 Å². The Kier molecular flexibility index (Phi) is 5.00. The summed E-state index contributed by atoms with van der Waals surface area (Å²) in [5, 5.41) is 12.3. The molecule has 2 fully saturated rings. The van der Waals surface area contributed by atoms with Gasteiger partial charge in [-0.2, -0.15) is 5.26 Å². The molecule has 0 unspecified atom stereocenters. The van der Waals surface area contributed by atoms with Gasteiger partial charge >= 0.3 is 0 Å². The maximum absolute atomic E-state index is 13.8. The van der Waals surface area contributed by atoms with Crippen LogP contribution < -0.4 is 10.2 Å². The summed E-state index contributed by atoms with van der Waals surface area (Å²) in [5.41, 5.74) is -0.0394. The number of carbonyl (C=O) groups is 1. The number of carbonyl (C=O) groups excluding carboxylic acids is 1. The van der Waals surface area contributed by atoms with Crippen molar-refractivity contribution in [3.05, 3.63) is 30.1 Å². The third-order valence-corrected chi connectivity index (χ3v) is 4.98. The SMILES string of the molecule is N#CC1(NC(=O)CN2CCN(c3ccccc3F)CC2)CCCC1. The van der Waals surface area contributed by atoms with Gasteiger partial charge in [0.1, 0.15) is 11.4 Å².